The second-order valence-electron chi connectivity index (χ2n) is 4.49. The van der Waals surface area contributed by atoms with Gasteiger partial charge in [-0.3, -0.25) is 9.69 Å². The van der Waals surface area contributed by atoms with Crippen molar-refractivity contribution < 1.29 is 9.53 Å². The summed E-state index contributed by atoms with van der Waals surface area (Å²) < 4.78 is 5.33. The first-order valence-corrected chi connectivity index (χ1v) is 6.14. The van der Waals surface area contributed by atoms with E-state index in [4.69, 9.17) is 4.74 Å². The third-order valence-electron chi connectivity index (χ3n) is 3.04. The Kier molecular flexibility index (Phi) is 4.02. The average molecular weight is 258 g/mol. The highest BCUT2D eigenvalue weighted by molar-refractivity contribution is 6.10. The van der Waals surface area contributed by atoms with Crippen LogP contribution in [0.3, 0.4) is 0 Å². The minimum atomic E-state index is 0.0695. The summed E-state index contributed by atoms with van der Waals surface area (Å²) in [6, 6.07) is 5.69. The minimum Gasteiger partial charge on any atom is -0.496 e. The largest absolute Gasteiger partial charge is 0.496 e. The Labute approximate surface area is 112 Å². The highest BCUT2D eigenvalue weighted by Crippen LogP contribution is 2.28. The normalized spacial score (nSPS) is 10.9. The number of carbonyl (C=O) groups is 1. The van der Waals surface area contributed by atoms with Crippen molar-refractivity contribution in [1.29, 1.82) is 0 Å². The van der Waals surface area contributed by atoms with Crippen LogP contribution in [-0.2, 0) is 0 Å². The van der Waals surface area contributed by atoms with Crippen LogP contribution in [0.5, 0.6) is 5.75 Å². The van der Waals surface area contributed by atoms with Crippen molar-refractivity contribution in [3.8, 4) is 5.75 Å². The number of carbonyl (C=O) groups excluding carboxylic acids is 1. The Morgan fingerprint density at radius 3 is 3.00 bits per heavy atom. The predicted octanol–water partition coefficient (Wildman–Crippen LogP) is 2.48. The molecule has 2 aromatic rings. The lowest BCUT2D eigenvalue weighted by atomic mass is 10.1. The number of ketones is 1. The fourth-order valence-electron chi connectivity index (χ4n) is 2.16. The number of nitrogens with zero attached hydrogens (tertiary/aromatic N) is 1. The smallest absolute Gasteiger partial charge is 0.179 e. The maximum atomic E-state index is 12.3. The van der Waals surface area contributed by atoms with Gasteiger partial charge in [0.05, 0.1) is 19.0 Å². The number of H-pyrrole nitrogens is 1. The van der Waals surface area contributed by atoms with E-state index in [1.54, 1.807) is 19.4 Å². The lowest BCUT2D eigenvalue weighted by Crippen LogP contribution is -2.25. The van der Waals surface area contributed by atoms with Crippen LogP contribution in [0, 0.1) is 0 Å². The monoisotopic (exact) mass is 258 g/mol. The standard InChI is InChI=1S/C15H18N2O2/c1-4-8-17(2)10-13(18)11-9-16-12-6-5-7-14(19-3)15(11)12/h4-7,9,16H,1,8,10H2,2-3H3. The fourth-order valence-corrected chi connectivity index (χ4v) is 2.16. The van der Waals surface area contributed by atoms with Gasteiger partial charge in [-0.2, -0.15) is 0 Å². The molecule has 0 aliphatic rings. The van der Waals surface area contributed by atoms with E-state index >= 15 is 0 Å². The Morgan fingerprint density at radius 1 is 1.53 bits per heavy atom. The van der Waals surface area contributed by atoms with Gasteiger partial charge in [0.25, 0.3) is 0 Å². The average Bonchev–Trinajstić information content (AvgIpc) is 2.82. The van der Waals surface area contributed by atoms with Gasteiger partial charge in [-0.05, 0) is 19.2 Å². The molecule has 0 radical (unpaired) electrons. The summed E-state index contributed by atoms with van der Waals surface area (Å²) in [5, 5.41) is 0.849. The van der Waals surface area contributed by atoms with Gasteiger partial charge in [0.15, 0.2) is 5.78 Å². The number of aromatic amines is 1. The molecule has 0 aliphatic heterocycles. The van der Waals surface area contributed by atoms with E-state index < -0.39 is 0 Å². The topological polar surface area (TPSA) is 45.3 Å². The number of Topliss-reactive ketones (excluding diaryl/α,β-unsaturated/α-hetero) is 1. The van der Waals surface area contributed by atoms with Crippen molar-refractivity contribution in [2.75, 3.05) is 27.2 Å². The third kappa shape index (κ3) is 2.69. The molecule has 4 heteroatoms. The summed E-state index contributed by atoms with van der Waals surface area (Å²) in [6.45, 7) is 4.71. The zero-order valence-corrected chi connectivity index (χ0v) is 11.3. The number of hydrogen-bond acceptors (Lipinski definition) is 3. The summed E-state index contributed by atoms with van der Waals surface area (Å²) in [6.07, 6.45) is 3.53. The van der Waals surface area contributed by atoms with Gasteiger partial charge in [0, 0.05) is 23.8 Å². The van der Waals surface area contributed by atoms with Gasteiger partial charge in [-0.15, -0.1) is 6.58 Å². The Morgan fingerprint density at radius 2 is 2.32 bits per heavy atom. The molecule has 0 spiro atoms. The third-order valence-corrected chi connectivity index (χ3v) is 3.04. The van der Waals surface area contributed by atoms with Crippen molar-refractivity contribution in [2.45, 2.75) is 0 Å². The van der Waals surface area contributed by atoms with E-state index in [0.717, 1.165) is 10.9 Å². The number of methoxy groups -OCH3 is 1. The number of hydrogen-bond donors (Lipinski definition) is 1. The number of fused-ring (bicyclic) bond motifs is 1. The first kappa shape index (κ1) is 13.4. The van der Waals surface area contributed by atoms with Crippen LogP contribution in [0.4, 0.5) is 0 Å². The molecule has 19 heavy (non-hydrogen) atoms. The second-order valence-corrected chi connectivity index (χ2v) is 4.49. The molecular weight excluding hydrogens is 240 g/mol. The van der Waals surface area contributed by atoms with Crippen molar-refractivity contribution >= 4 is 16.7 Å². The van der Waals surface area contributed by atoms with E-state index in [9.17, 15) is 4.79 Å². The summed E-state index contributed by atoms with van der Waals surface area (Å²) >= 11 is 0. The molecule has 2 rings (SSSR count). The summed E-state index contributed by atoms with van der Waals surface area (Å²) in [7, 11) is 3.51. The highest BCUT2D eigenvalue weighted by Gasteiger charge is 2.16. The second kappa shape index (κ2) is 5.71. The summed E-state index contributed by atoms with van der Waals surface area (Å²) in [5.41, 5.74) is 1.58. The van der Waals surface area contributed by atoms with Gasteiger partial charge < -0.3 is 9.72 Å². The quantitative estimate of drug-likeness (QED) is 0.639. The first-order chi connectivity index (χ1) is 9.17. The molecule has 0 bridgehead atoms. The van der Waals surface area contributed by atoms with E-state index in [2.05, 4.69) is 11.6 Å². The van der Waals surface area contributed by atoms with Crippen LogP contribution >= 0.6 is 0 Å². The molecule has 1 N–H and O–H groups in total. The molecule has 100 valence electrons. The SMILES string of the molecule is C=CCN(C)CC(=O)c1c[nH]c2cccc(OC)c12. The van der Waals surface area contributed by atoms with Gasteiger partial charge in [0.1, 0.15) is 5.75 Å². The molecule has 1 aromatic heterocycles. The fraction of sp³-hybridized carbons (Fsp3) is 0.267. The molecule has 0 atom stereocenters. The Bertz CT molecular complexity index is 601. The summed E-state index contributed by atoms with van der Waals surface area (Å²) in [4.78, 5) is 17.4. The molecule has 1 aromatic carbocycles. The molecule has 0 unspecified atom stereocenters. The van der Waals surface area contributed by atoms with Gasteiger partial charge in [0.2, 0.25) is 0 Å². The lowest BCUT2D eigenvalue weighted by Gasteiger charge is -2.12. The zero-order valence-electron chi connectivity index (χ0n) is 11.3. The molecule has 0 saturated heterocycles. The molecule has 0 amide bonds. The van der Waals surface area contributed by atoms with Crippen molar-refractivity contribution in [3.63, 3.8) is 0 Å². The number of ether oxygens (including phenoxy) is 1. The summed E-state index contributed by atoms with van der Waals surface area (Å²) in [5.74, 6) is 0.786. The van der Waals surface area contributed by atoms with Crippen LogP contribution in [0.2, 0.25) is 0 Å². The molecular formula is C15H18N2O2. The number of benzene rings is 1. The molecule has 0 fully saturated rings. The highest BCUT2D eigenvalue weighted by atomic mass is 16.5. The minimum absolute atomic E-state index is 0.0695. The predicted molar refractivity (Wildman–Crippen MR) is 76.9 cm³/mol. The van der Waals surface area contributed by atoms with Crippen molar-refractivity contribution in [2.24, 2.45) is 0 Å². The first-order valence-electron chi connectivity index (χ1n) is 6.14. The van der Waals surface area contributed by atoms with Gasteiger partial charge in [-0.1, -0.05) is 12.1 Å². The molecule has 0 saturated carbocycles. The maximum Gasteiger partial charge on any atom is 0.179 e. The Hall–Kier alpha value is -2.07. The van der Waals surface area contributed by atoms with Crippen LogP contribution in [-0.4, -0.2) is 42.9 Å². The maximum absolute atomic E-state index is 12.3. The van der Waals surface area contributed by atoms with Crippen LogP contribution in [0.15, 0.2) is 37.1 Å². The van der Waals surface area contributed by atoms with Crippen molar-refractivity contribution in [1.82, 2.24) is 9.88 Å². The number of nitrogens with one attached hydrogen (secondary N) is 1. The van der Waals surface area contributed by atoms with Crippen LogP contribution in [0.25, 0.3) is 10.9 Å². The Balaban J connectivity index is 2.34. The van der Waals surface area contributed by atoms with E-state index in [-0.39, 0.29) is 5.78 Å². The van der Waals surface area contributed by atoms with Gasteiger partial charge >= 0.3 is 0 Å². The molecule has 4 nitrogen and oxygen atoms in total. The van der Waals surface area contributed by atoms with E-state index in [0.29, 0.717) is 24.4 Å². The van der Waals surface area contributed by atoms with Crippen molar-refractivity contribution in [3.05, 3.63) is 42.6 Å². The zero-order chi connectivity index (χ0) is 13.8. The number of likely N-dealkylation sites (N-methyl/N-ethyl adjacent to an activating group) is 1. The van der Waals surface area contributed by atoms with Gasteiger partial charge in [-0.25, -0.2) is 0 Å². The van der Waals surface area contributed by atoms with Crippen LogP contribution in [0.1, 0.15) is 10.4 Å². The molecule has 0 aliphatic carbocycles. The van der Waals surface area contributed by atoms with Crippen LogP contribution < -0.4 is 4.74 Å². The number of rotatable bonds is 6. The van der Waals surface area contributed by atoms with E-state index in [1.807, 2.05) is 30.1 Å². The lowest BCUT2D eigenvalue weighted by molar-refractivity contribution is 0.0953. The number of aromatic nitrogens is 1. The molecule has 1 heterocycles. The van der Waals surface area contributed by atoms with E-state index in [1.165, 1.54) is 0 Å².